The molecule has 0 radical (unpaired) electrons. The second-order valence-electron chi connectivity index (χ2n) is 10.2. The number of rotatable bonds is 3. The van der Waals surface area contributed by atoms with Crippen LogP contribution < -0.4 is 4.74 Å². The Morgan fingerprint density at radius 2 is 1.82 bits per heavy atom. The van der Waals surface area contributed by atoms with Crippen molar-refractivity contribution in [2.45, 2.75) is 58.9 Å². The first kappa shape index (κ1) is 29.9. The fraction of sp³-hybridized carbons (Fsp3) is 0.571. The van der Waals surface area contributed by atoms with Crippen LogP contribution in [0, 0.1) is 12.8 Å². The molecule has 2 heterocycles. The number of thiazole rings is 1. The Balaban J connectivity index is 1.81. The molecule has 1 aliphatic rings. The number of amides is 3. The second kappa shape index (κ2) is 13.9. The summed E-state index contributed by atoms with van der Waals surface area (Å²) in [7, 11) is 3.43. The SMILES string of the molecule is Cc1nc(CC(=O)N2CCCCOc3ccc(Cl)cc3C(=O)N(C)[C@@H](C(C)C)C(=O)N(C)CCCC2)cs1. The van der Waals surface area contributed by atoms with Gasteiger partial charge in [-0.25, -0.2) is 4.98 Å². The van der Waals surface area contributed by atoms with E-state index in [-0.39, 0.29) is 30.1 Å². The van der Waals surface area contributed by atoms with E-state index in [0.29, 0.717) is 42.6 Å². The average molecular weight is 563 g/mol. The van der Waals surface area contributed by atoms with Crippen LogP contribution in [-0.2, 0) is 16.0 Å². The molecule has 0 aliphatic carbocycles. The molecule has 0 saturated carbocycles. The van der Waals surface area contributed by atoms with Crippen LogP contribution in [0.15, 0.2) is 23.6 Å². The van der Waals surface area contributed by atoms with E-state index in [0.717, 1.165) is 36.4 Å². The Labute approximate surface area is 234 Å². The molecule has 1 aromatic heterocycles. The fourth-order valence-corrected chi connectivity index (χ4v) is 5.49. The molecule has 3 rings (SSSR count). The maximum Gasteiger partial charge on any atom is 0.258 e. The maximum absolute atomic E-state index is 13.5. The number of fused-ring (bicyclic) bond motifs is 1. The normalized spacial score (nSPS) is 18.8. The minimum atomic E-state index is -0.630. The minimum absolute atomic E-state index is 0.0608. The zero-order chi connectivity index (χ0) is 27.8. The van der Waals surface area contributed by atoms with Gasteiger partial charge >= 0.3 is 0 Å². The van der Waals surface area contributed by atoms with Crippen molar-refractivity contribution in [3.8, 4) is 5.75 Å². The molecule has 2 aromatic rings. The molecule has 0 bridgehead atoms. The van der Waals surface area contributed by atoms with Crippen LogP contribution in [0.5, 0.6) is 5.75 Å². The number of aryl methyl sites for hydroxylation is 1. The summed E-state index contributed by atoms with van der Waals surface area (Å²) >= 11 is 7.78. The molecule has 38 heavy (non-hydrogen) atoms. The van der Waals surface area contributed by atoms with E-state index in [1.54, 1.807) is 48.5 Å². The van der Waals surface area contributed by atoms with Crippen molar-refractivity contribution in [1.29, 1.82) is 0 Å². The van der Waals surface area contributed by atoms with Gasteiger partial charge in [-0.3, -0.25) is 14.4 Å². The van der Waals surface area contributed by atoms with Gasteiger partial charge in [-0.05, 0) is 56.7 Å². The zero-order valence-electron chi connectivity index (χ0n) is 23.0. The number of halogens is 1. The molecule has 208 valence electrons. The fourth-order valence-electron chi connectivity index (χ4n) is 4.70. The van der Waals surface area contributed by atoms with Crippen LogP contribution in [-0.4, -0.2) is 83.8 Å². The second-order valence-corrected chi connectivity index (χ2v) is 11.7. The summed E-state index contributed by atoms with van der Waals surface area (Å²) in [4.78, 5) is 49.6. The summed E-state index contributed by atoms with van der Waals surface area (Å²) in [5.41, 5.74) is 1.14. The van der Waals surface area contributed by atoms with E-state index >= 15 is 0 Å². The third kappa shape index (κ3) is 7.93. The first-order valence-corrected chi connectivity index (χ1v) is 14.5. The lowest BCUT2D eigenvalue weighted by molar-refractivity contribution is -0.136. The summed E-state index contributed by atoms with van der Waals surface area (Å²) in [5.74, 6) is -0.0128. The Bertz CT molecular complexity index is 1120. The highest BCUT2D eigenvalue weighted by atomic mass is 35.5. The average Bonchev–Trinajstić information content (AvgIpc) is 3.28. The lowest BCUT2D eigenvalue weighted by atomic mass is 10.00. The number of benzene rings is 1. The predicted molar refractivity (Wildman–Crippen MR) is 151 cm³/mol. The highest BCUT2D eigenvalue weighted by molar-refractivity contribution is 7.09. The van der Waals surface area contributed by atoms with Gasteiger partial charge in [-0.2, -0.15) is 0 Å². The van der Waals surface area contributed by atoms with E-state index < -0.39 is 6.04 Å². The summed E-state index contributed by atoms with van der Waals surface area (Å²) in [6, 6.07) is 4.35. The summed E-state index contributed by atoms with van der Waals surface area (Å²) < 4.78 is 6.01. The largest absolute Gasteiger partial charge is 0.493 e. The number of hydrogen-bond acceptors (Lipinski definition) is 6. The van der Waals surface area contributed by atoms with E-state index in [1.807, 2.05) is 31.1 Å². The predicted octanol–water partition coefficient (Wildman–Crippen LogP) is 4.68. The van der Waals surface area contributed by atoms with Gasteiger partial charge in [0.05, 0.1) is 29.3 Å². The Kier molecular flexibility index (Phi) is 11.0. The molecular weight excluding hydrogens is 524 g/mol. The number of nitrogens with zero attached hydrogens (tertiary/aromatic N) is 4. The quantitative estimate of drug-likeness (QED) is 0.542. The maximum atomic E-state index is 13.5. The monoisotopic (exact) mass is 562 g/mol. The van der Waals surface area contributed by atoms with E-state index in [2.05, 4.69) is 4.98 Å². The molecule has 1 atom stereocenters. The Morgan fingerprint density at radius 3 is 2.47 bits per heavy atom. The van der Waals surface area contributed by atoms with Gasteiger partial charge in [0, 0.05) is 44.1 Å². The number of aromatic nitrogens is 1. The Hall–Kier alpha value is -2.65. The van der Waals surface area contributed by atoms with Gasteiger partial charge in [0.15, 0.2) is 0 Å². The van der Waals surface area contributed by atoms with Crippen LogP contribution in [0.1, 0.15) is 60.6 Å². The number of hydrogen-bond donors (Lipinski definition) is 0. The van der Waals surface area contributed by atoms with Gasteiger partial charge in [0.25, 0.3) is 5.91 Å². The minimum Gasteiger partial charge on any atom is -0.493 e. The lowest BCUT2D eigenvalue weighted by Gasteiger charge is -2.33. The van der Waals surface area contributed by atoms with E-state index in [1.165, 1.54) is 4.90 Å². The summed E-state index contributed by atoms with van der Waals surface area (Å²) in [6.45, 7) is 7.99. The van der Waals surface area contributed by atoms with E-state index in [9.17, 15) is 14.4 Å². The molecule has 0 N–H and O–H groups in total. The zero-order valence-corrected chi connectivity index (χ0v) is 24.6. The lowest BCUT2D eigenvalue weighted by Crippen LogP contribution is -2.51. The van der Waals surface area contributed by atoms with Gasteiger partial charge in [0.2, 0.25) is 11.8 Å². The van der Waals surface area contributed by atoms with Crippen LogP contribution in [0.2, 0.25) is 5.02 Å². The number of carbonyl (C=O) groups excluding carboxylic acids is 3. The molecule has 0 fully saturated rings. The highest BCUT2D eigenvalue weighted by Crippen LogP contribution is 2.26. The third-order valence-electron chi connectivity index (χ3n) is 6.77. The first-order chi connectivity index (χ1) is 18.1. The van der Waals surface area contributed by atoms with Gasteiger partial charge in [-0.15, -0.1) is 11.3 Å². The number of carbonyl (C=O) groups is 3. The van der Waals surface area contributed by atoms with Crippen LogP contribution in [0.3, 0.4) is 0 Å². The van der Waals surface area contributed by atoms with Crippen LogP contribution in [0.25, 0.3) is 0 Å². The van der Waals surface area contributed by atoms with Crippen molar-refractivity contribution in [1.82, 2.24) is 19.7 Å². The van der Waals surface area contributed by atoms with Gasteiger partial charge in [-0.1, -0.05) is 25.4 Å². The van der Waals surface area contributed by atoms with Crippen molar-refractivity contribution in [2.24, 2.45) is 5.92 Å². The molecule has 0 unspecified atom stereocenters. The molecule has 3 amide bonds. The van der Waals surface area contributed by atoms with Crippen molar-refractivity contribution in [2.75, 3.05) is 40.3 Å². The van der Waals surface area contributed by atoms with Crippen molar-refractivity contribution < 1.29 is 19.1 Å². The number of ether oxygens (including phenoxy) is 1. The van der Waals surface area contributed by atoms with Crippen molar-refractivity contribution in [3.63, 3.8) is 0 Å². The van der Waals surface area contributed by atoms with Crippen molar-refractivity contribution >= 4 is 40.7 Å². The molecular formula is C28H39ClN4O4S. The topological polar surface area (TPSA) is 83.0 Å². The van der Waals surface area contributed by atoms with Crippen molar-refractivity contribution in [3.05, 3.63) is 44.9 Å². The highest BCUT2D eigenvalue weighted by Gasteiger charge is 2.33. The summed E-state index contributed by atoms with van der Waals surface area (Å²) in [5, 5.41) is 3.31. The molecule has 1 aromatic carbocycles. The standard InChI is InChI=1S/C28H39ClN4O4S/c1-19(2)26-28(36)31(4)12-6-7-13-33(25(34)17-22-18-38-20(3)30-22)14-8-9-15-37-24-11-10-21(29)16-23(24)27(35)32(26)5/h10-11,16,18-19,26H,6-9,12-15,17H2,1-5H3/t26-/m0/s1. The molecule has 0 saturated heterocycles. The van der Waals surface area contributed by atoms with Gasteiger partial charge < -0.3 is 19.4 Å². The third-order valence-corrected chi connectivity index (χ3v) is 7.83. The van der Waals surface area contributed by atoms with Crippen LogP contribution in [0.4, 0.5) is 0 Å². The Morgan fingerprint density at radius 1 is 1.13 bits per heavy atom. The van der Waals surface area contributed by atoms with Gasteiger partial charge in [0.1, 0.15) is 11.8 Å². The molecule has 0 spiro atoms. The first-order valence-electron chi connectivity index (χ1n) is 13.2. The van der Waals surface area contributed by atoms with E-state index in [4.69, 9.17) is 16.3 Å². The smallest absolute Gasteiger partial charge is 0.258 e. The molecule has 1 aliphatic heterocycles. The molecule has 10 heteroatoms. The number of likely N-dealkylation sites (N-methyl/N-ethyl adjacent to an activating group) is 2. The van der Waals surface area contributed by atoms with Crippen LogP contribution >= 0.6 is 22.9 Å². The molecule has 8 nitrogen and oxygen atoms in total. The summed E-state index contributed by atoms with van der Waals surface area (Å²) in [6.07, 6.45) is 3.32.